The molecule has 3 nitrogen and oxygen atoms in total. The predicted octanol–water partition coefficient (Wildman–Crippen LogP) is 12.6. The summed E-state index contributed by atoms with van der Waals surface area (Å²) in [7, 11) is 0. The highest BCUT2D eigenvalue weighted by molar-refractivity contribution is 6.19. The highest BCUT2D eigenvalue weighted by atomic mass is 16.3. The number of allylic oxidation sites excluding steroid dienone is 6. The van der Waals surface area contributed by atoms with Gasteiger partial charge in [-0.15, -0.1) is 0 Å². The number of hydrogen-bond donors (Lipinski definition) is 0. The van der Waals surface area contributed by atoms with E-state index in [2.05, 4.69) is 124 Å². The SMILES string of the molecule is C=C(N=C1C=CC=C/C1=C(/C)c1ccc(C(=NC(=C)c2cc3ccccc3c3ccccc23)c2oc3ccccc3c2C)cc1)c1ccccc1. The first kappa shape index (κ1) is 31.7. The Kier molecular flexibility index (Phi) is 8.31. The first-order chi connectivity index (χ1) is 25.0. The van der Waals surface area contributed by atoms with E-state index in [-0.39, 0.29) is 0 Å². The maximum absolute atomic E-state index is 6.55. The molecule has 3 heteroatoms. The van der Waals surface area contributed by atoms with Gasteiger partial charge in [-0.3, -0.25) is 0 Å². The zero-order valence-electron chi connectivity index (χ0n) is 28.7. The van der Waals surface area contributed by atoms with Gasteiger partial charge in [0, 0.05) is 27.6 Å². The highest BCUT2D eigenvalue weighted by Crippen LogP contribution is 2.35. The van der Waals surface area contributed by atoms with E-state index in [1.54, 1.807) is 0 Å². The summed E-state index contributed by atoms with van der Waals surface area (Å²) in [5.41, 5.74) is 11.1. The van der Waals surface area contributed by atoms with Crippen LogP contribution < -0.4 is 0 Å². The van der Waals surface area contributed by atoms with Crippen LogP contribution in [0.15, 0.2) is 191 Å². The van der Waals surface area contributed by atoms with E-state index in [9.17, 15) is 0 Å². The number of furan rings is 1. The molecule has 0 saturated carbocycles. The van der Waals surface area contributed by atoms with Crippen molar-refractivity contribution in [3.05, 3.63) is 210 Å². The molecule has 0 spiro atoms. The van der Waals surface area contributed by atoms with Gasteiger partial charge in [-0.2, -0.15) is 0 Å². The molecule has 0 radical (unpaired) electrons. The summed E-state index contributed by atoms with van der Waals surface area (Å²) in [6.45, 7) is 13.0. The van der Waals surface area contributed by atoms with Crippen LogP contribution in [0.1, 0.15) is 40.5 Å². The Balaban J connectivity index is 1.23. The van der Waals surface area contributed by atoms with Crippen LogP contribution in [0.3, 0.4) is 0 Å². The van der Waals surface area contributed by atoms with Crippen LogP contribution in [-0.2, 0) is 0 Å². The zero-order valence-corrected chi connectivity index (χ0v) is 28.7. The maximum atomic E-state index is 6.55. The van der Waals surface area contributed by atoms with Crippen LogP contribution in [0.4, 0.5) is 0 Å². The molecule has 0 aliphatic heterocycles. The smallest absolute Gasteiger partial charge is 0.157 e. The van der Waals surface area contributed by atoms with Crippen molar-refractivity contribution in [1.82, 2.24) is 0 Å². The number of aryl methyl sites for hydroxylation is 1. The third-order valence-corrected chi connectivity index (χ3v) is 9.65. The van der Waals surface area contributed by atoms with Crippen molar-refractivity contribution >= 4 is 60.9 Å². The lowest BCUT2D eigenvalue weighted by Crippen LogP contribution is -2.06. The lowest BCUT2D eigenvalue weighted by atomic mass is 9.93. The second-order valence-electron chi connectivity index (χ2n) is 12.8. The molecular formula is C48H36N2O. The third-order valence-electron chi connectivity index (χ3n) is 9.65. The summed E-state index contributed by atoms with van der Waals surface area (Å²) in [6.07, 6.45) is 8.22. The van der Waals surface area contributed by atoms with Crippen molar-refractivity contribution in [1.29, 1.82) is 0 Å². The quantitative estimate of drug-likeness (QED) is 0.124. The lowest BCUT2D eigenvalue weighted by molar-refractivity contribution is 0.602. The summed E-state index contributed by atoms with van der Waals surface area (Å²) in [4.78, 5) is 10.2. The van der Waals surface area contributed by atoms with E-state index in [1.165, 1.54) is 10.8 Å². The molecule has 0 atom stereocenters. The van der Waals surface area contributed by atoms with Gasteiger partial charge in [0.25, 0.3) is 0 Å². The number of nitrogens with zero attached hydrogens (tertiary/aromatic N) is 2. The minimum Gasteiger partial charge on any atom is -0.454 e. The van der Waals surface area contributed by atoms with Crippen molar-refractivity contribution in [2.45, 2.75) is 13.8 Å². The molecule has 0 amide bonds. The van der Waals surface area contributed by atoms with Crippen LogP contribution in [0.2, 0.25) is 0 Å². The van der Waals surface area contributed by atoms with Crippen molar-refractivity contribution in [3.8, 4) is 0 Å². The molecule has 1 aromatic heterocycles. The predicted molar refractivity (Wildman–Crippen MR) is 217 cm³/mol. The van der Waals surface area contributed by atoms with Gasteiger partial charge in [0.1, 0.15) is 11.3 Å². The van der Waals surface area contributed by atoms with E-state index < -0.39 is 0 Å². The summed E-state index contributed by atoms with van der Waals surface area (Å²) in [6, 6.07) is 45.9. The fourth-order valence-corrected chi connectivity index (χ4v) is 6.90. The largest absolute Gasteiger partial charge is 0.454 e. The van der Waals surface area contributed by atoms with E-state index in [1.807, 2.05) is 60.7 Å². The molecule has 0 bridgehead atoms. The molecule has 6 aromatic carbocycles. The minimum atomic E-state index is 0.674. The second kappa shape index (κ2) is 13.4. The van der Waals surface area contributed by atoms with E-state index >= 15 is 0 Å². The van der Waals surface area contributed by atoms with E-state index in [0.717, 1.165) is 83.6 Å². The molecule has 244 valence electrons. The fraction of sp³-hybridized carbons (Fsp3) is 0.0417. The van der Waals surface area contributed by atoms with E-state index in [0.29, 0.717) is 5.70 Å². The Hall–Kier alpha value is -6.58. The van der Waals surface area contributed by atoms with Crippen LogP contribution in [-0.4, -0.2) is 11.4 Å². The van der Waals surface area contributed by atoms with Gasteiger partial charge in [-0.1, -0.05) is 153 Å². The molecule has 1 aliphatic carbocycles. The molecular weight excluding hydrogens is 621 g/mol. The molecule has 0 fully saturated rings. The Morgan fingerprint density at radius 3 is 1.98 bits per heavy atom. The number of para-hydroxylation sites is 1. The van der Waals surface area contributed by atoms with Gasteiger partial charge in [0.05, 0.1) is 17.1 Å². The second-order valence-corrected chi connectivity index (χ2v) is 12.8. The van der Waals surface area contributed by atoms with Gasteiger partial charge in [0.15, 0.2) is 5.76 Å². The third kappa shape index (κ3) is 6.00. The number of benzene rings is 6. The molecule has 0 unspecified atom stereocenters. The Morgan fingerprint density at radius 1 is 0.588 bits per heavy atom. The van der Waals surface area contributed by atoms with Gasteiger partial charge >= 0.3 is 0 Å². The van der Waals surface area contributed by atoms with Crippen molar-refractivity contribution in [2.75, 3.05) is 0 Å². The first-order valence-electron chi connectivity index (χ1n) is 17.1. The van der Waals surface area contributed by atoms with Crippen LogP contribution >= 0.6 is 0 Å². The van der Waals surface area contributed by atoms with Crippen molar-refractivity contribution in [2.24, 2.45) is 9.98 Å². The normalized spacial score (nSPS) is 14.9. The molecule has 51 heavy (non-hydrogen) atoms. The van der Waals surface area contributed by atoms with E-state index in [4.69, 9.17) is 14.4 Å². The summed E-state index contributed by atoms with van der Waals surface area (Å²) in [5, 5.41) is 5.73. The van der Waals surface area contributed by atoms with Crippen LogP contribution in [0.5, 0.6) is 0 Å². The average Bonchev–Trinajstić information content (AvgIpc) is 3.52. The number of hydrogen-bond acceptors (Lipinski definition) is 3. The summed E-state index contributed by atoms with van der Waals surface area (Å²) < 4.78 is 6.55. The molecule has 1 aliphatic rings. The molecule has 0 N–H and O–H groups in total. The summed E-state index contributed by atoms with van der Waals surface area (Å²) in [5.74, 6) is 0.736. The Bertz CT molecular complexity index is 2660. The standard InChI is InChI=1S/C48H36N2O/c1-31(39-19-12-14-24-45(39)49-33(3)36-16-6-5-7-17-36)35-26-28-37(29-27-35)47(48-32(2)40-20-13-15-25-46(40)51-48)50-34(4)44-30-38-18-8-9-21-41(38)42-22-10-11-23-43(42)44/h5-30H,3-4H2,1-2H3/b39-31+,49-45?,50-47?. The number of fused-ring (bicyclic) bond motifs is 4. The average molecular weight is 657 g/mol. The fourth-order valence-electron chi connectivity index (χ4n) is 6.90. The summed E-state index contributed by atoms with van der Waals surface area (Å²) >= 11 is 0. The number of rotatable bonds is 7. The zero-order chi connectivity index (χ0) is 34.9. The van der Waals surface area contributed by atoms with Gasteiger partial charge < -0.3 is 4.42 Å². The Morgan fingerprint density at radius 2 is 1.22 bits per heavy atom. The van der Waals surface area contributed by atoms with Gasteiger partial charge in [0.2, 0.25) is 0 Å². The topological polar surface area (TPSA) is 37.9 Å². The van der Waals surface area contributed by atoms with Gasteiger partial charge in [-0.05, 0) is 70.3 Å². The minimum absolute atomic E-state index is 0.674. The number of aliphatic imine (C=N–C) groups is 2. The molecule has 7 aromatic rings. The molecule has 1 heterocycles. The highest BCUT2D eigenvalue weighted by Gasteiger charge is 2.20. The monoisotopic (exact) mass is 656 g/mol. The van der Waals surface area contributed by atoms with Gasteiger partial charge in [-0.25, -0.2) is 9.98 Å². The van der Waals surface area contributed by atoms with Crippen molar-refractivity contribution in [3.63, 3.8) is 0 Å². The van der Waals surface area contributed by atoms with Crippen LogP contribution in [0, 0.1) is 6.92 Å². The lowest BCUT2D eigenvalue weighted by Gasteiger charge is -2.14. The molecule has 0 saturated heterocycles. The van der Waals surface area contributed by atoms with Crippen molar-refractivity contribution < 1.29 is 4.42 Å². The first-order valence-corrected chi connectivity index (χ1v) is 17.1. The Labute approximate surface area is 298 Å². The van der Waals surface area contributed by atoms with Crippen LogP contribution in [0.25, 0.3) is 49.5 Å². The molecule has 8 rings (SSSR count). The maximum Gasteiger partial charge on any atom is 0.157 e.